The molecule has 2 N–H and O–H groups in total. The van der Waals surface area contributed by atoms with Gasteiger partial charge in [0, 0.05) is 17.3 Å². The fourth-order valence-corrected chi connectivity index (χ4v) is 3.15. The molecule has 0 aliphatic rings. The second-order valence-electron chi connectivity index (χ2n) is 6.98. The monoisotopic (exact) mass is 398 g/mol. The van der Waals surface area contributed by atoms with Gasteiger partial charge in [-0.15, -0.1) is 0 Å². The molecule has 0 aliphatic heterocycles. The summed E-state index contributed by atoms with van der Waals surface area (Å²) in [4.78, 5) is 22.1. The van der Waals surface area contributed by atoms with Crippen LogP contribution in [0.2, 0.25) is 0 Å². The Hall–Kier alpha value is -3.93. The summed E-state index contributed by atoms with van der Waals surface area (Å²) in [7, 11) is 0. The average Bonchev–Trinajstić information content (AvgIpc) is 3.29. The molecular formula is C24H22N4O2. The molecule has 30 heavy (non-hydrogen) atoms. The van der Waals surface area contributed by atoms with E-state index in [0.717, 1.165) is 28.1 Å². The lowest BCUT2D eigenvalue weighted by Crippen LogP contribution is -2.17. The number of para-hydroxylation sites is 1. The van der Waals surface area contributed by atoms with Crippen LogP contribution < -0.4 is 10.6 Å². The lowest BCUT2D eigenvalue weighted by Gasteiger charge is -2.13. The van der Waals surface area contributed by atoms with Gasteiger partial charge < -0.3 is 15.1 Å². The average molecular weight is 398 g/mol. The van der Waals surface area contributed by atoms with Gasteiger partial charge in [0.25, 0.3) is 5.91 Å². The summed E-state index contributed by atoms with van der Waals surface area (Å²) in [5.41, 5.74) is 3.91. The Morgan fingerprint density at radius 2 is 1.70 bits per heavy atom. The summed E-state index contributed by atoms with van der Waals surface area (Å²) in [6, 6.07) is 20.8. The van der Waals surface area contributed by atoms with E-state index in [-0.39, 0.29) is 11.6 Å². The first-order chi connectivity index (χ1) is 14.6. The van der Waals surface area contributed by atoms with Crippen LogP contribution in [0.4, 0.5) is 11.5 Å². The van der Waals surface area contributed by atoms with Gasteiger partial charge >= 0.3 is 0 Å². The van der Waals surface area contributed by atoms with Gasteiger partial charge in [0.1, 0.15) is 17.3 Å². The number of amides is 1. The van der Waals surface area contributed by atoms with E-state index in [1.165, 1.54) is 0 Å². The quantitative estimate of drug-likeness (QED) is 0.466. The smallest absolute Gasteiger partial charge is 0.274 e. The van der Waals surface area contributed by atoms with Crippen molar-refractivity contribution in [3.05, 3.63) is 95.6 Å². The molecular weight excluding hydrogens is 376 g/mol. The van der Waals surface area contributed by atoms with Crippen LogP contribution in [0.1, 0.15) is 27.4 Å². The molecule has 0 saturated carbocycles. The maximum absolute atomic E-state index is 13.0. The van der Waals surface area contributed by atoms with Crippen molar-refractivity contribution in [1.82, 2.24) is 9.97 Å². The maximum Gasteiger partial charge on any atom is 0.274 e. The number of carbonyl (C=O) groups excluding carboxylic acids is 1. The van der Waals surface area contributed by atoms with Gasteiger partial charge in [0.2, 0.25) is 0 Å². The van der Waals surface area contributed by atoms with Gasteiger partial charge in [-0.3, -0.25) is 4.79 Å². The molecule has 6 heteroatoms. The van der Waals surface area contributed by atoms with Gasteiger partial charge in [-0.25, -0.2) is 9.97 Å². The molecule has 2 heterocycles. The van der Waals surface area contributed by atoms with Crippen LogP contribution in [0.5, 0.6) is 0 Å². The molecule has 0 atom stereocenters. The number of nitrogens with zero attached hydrogens (tertiary/aromatic N) is 2. The van der Waals surface area contributed by atoms with Crippen LogP contribution in [0.3, 0.4) is 0 Å². The molecule has 2 aromatic carbocycles. The Balaban J connectivity index is 1.66. The van der Waals surface area contributed by atoms with Crippen LogP contribution in [-0.2, 0) is 6.54 Å². The fourth-order valence-electron chi connectivity index (χ4n) is 3.15. The topological polar surface area (TPSA) is 80.0 Å². The zero-order valence-corrected chi connectivity index (χ0v) is 16.8. The Kier molecular flexibility index (Phi) is 5.57. The number of benzene rings is 2. The molecule has 0 unspecified atom stereocenters. The number of carbonyl (C=O) groups is 1. The fraction of sp³-hybridized carbons (Fsp3) is 0.125. The van der Waals surface area contributed by atoms with Gasteiger partial charge in [0.15, 0.2) is 5.82 Å². The van der Waals surface area contributed by atoms with E-state index < -0.39 is 0 Å². The van der Waals surface area contributed by atoms with Gasteiger partial charge in [0.05, 0.1) is 12.8 Å². The predicted molar refractivity (Wildman–Crippen MR) is 117 cm³/mol. The summed E-state index contributed by atoms with van der Waals surface area (Å²) in [5.74, 6) is 1.52. The van der Waals surface area contributed by atoms with Crippen molar-refractivity contribution in [3.8, 4) is 11.4 Å². The minimum Gasteiger partial charge on any atom is -0.467 e. The van der Waals surface area contributed by atoms with Gasteiger partial charge in [-0.1, -0.05) is 48.5 Å². The van der Waals surface area contributed by atoms with Gasteiger partial charge in [-0.2, -0.15) is 0 Å². The zero-order chi connectivity index (χ0) is 20.9. The summed E-state index contributed by atoms with van der Waals surface area (Å²) in [5, 5.41) is 6.21. The standard InChI is InChI=1S/C24H22N4O2/c1-16-8-6-9-17(2)22(16)28-24(29)20-14-21(25-15-19-12-7-13-30-19)27-23(26-20)18-10-4-3-5-11-18/h3-14H,15H2,1-2H3,(H,28,29)(H,25,26,27). The van der Waals surface area contributed by atoms with Crippen LogP contribution in [0, 0.1) is 13.8 Å². The van der Waals surface area contributed by atoms with Crippen molar-refractivity contribution in [3.63, 3.8) is 0 Å². The number of aromatic nitrogens is 2. The van der Waals surface area contributed by atoms with Crippen molar-refractivity contribution in [2.24, 2.45) is 0 Å². The lowest BCUT2D eigenvalue weighted by atomic mass is 10.1. The molecule has 0 spiro atoms. The largest absolute Gasteiger partial charge is 0.467 e. The highest BCUT2D eigenvalue weighted by atomic mass is 16.3. The number of hydrogen-bond donors (Lipinski definition) is 2. The van der Waals surface area contributed by atoms with E-state index >= 15 is 0 Å². The molecule has 0 saturated heterocycles. The first-order valence-electron chi connectivity index (χ1n) is 9.68. The van der Waals surface area contributed by atoms with Crippen LogP contribution in [0.15, 0.2) is 77.4 Å². The molecule has 150 valence electrons. The van der Waals surface area contributed by atoms with Gasteiger partial charge in [-0.05, 0) is 37.1 Å². The molecule has 6 nitrogen and oxygen atoms in total. The molecule has 0 radical (unpaired) electrons. The van der Waals surface area contributed by atoms with E-state index in [9.17, 15) is 4.79 Å². The molecule has 0 bridgehead atoms. The Bertz CT molecular complexity index is 1140. The number of furan rings is 1. The van der Waals surface area contributed by atoms with Crippen molar-refractivity contribution in [2.45, 2.75) is 20.4 Å². The van der Waals surface area contributed by atoms with Crippen molar-refractivity contribution < 1.29 is 9.21 Å². The second kappa shape index (κ2) is 8.61. The molecule has 4 aromatic rings. The second-order valence-corrected chi connectivity index (χ2v) is 6.98. The Labute approximate surface area is 175 Å². The summed E-state index contributed by atoms with van der Waals surface area (Å²) in [6.45, 7) is 4.39. The number of hydrogen-bond acceptors (Lipinski definition) is 5. The molecule has 1 amide bonds. The molecule has 2 aromatic heterocycles. The number of aryl methyl sites for hydroxylation is 2. The number of anilines is 2. The van der Waals surface area contributed by atoms with E-state index in [1.807, 2.05) is 74.5 Å². The summed E-state index contributed by atoms with van der Waals surface area (Å²) < 4.78 is 5.37. The van der Waals surface area contributed by atoms with E-state index in [1.54, 1.807) is 12.3 Å². The first kappa shape index (κ1) is 19.4. The van der Waals surface area contributed by atoms with Crippen molar-refractivity contribution in [1.29, 1.82) is 0 Å². The highest BCUT2D eigenvalue weighted by Gasteiger charge is 2.15. The Morgan fingerprint density at radius 3 is 2.40 bits per heavy atom. The summed E-state index contributed by atoms with van der Waals surface area (Å²) >= 11 is 0. The third-order valence-corrected chi connectivity index (χ3v) is 4.73. The maximum atomic E-state index is 13.0. The number of rotatable bonds is 6. The predicted octanol–water partition coefficient (Wildman–Crippen LogP) is 5.22. The molecule has 0 fully saturated rings. The van der Waals surface area contributed by atoms with E-state index in [4.69, 9.17) is 4.42 Å². The lowest BCUT2D eigenvalue weighted by molar-refractivity contribution is 0.102. The van der Waals surface area contributed by atoms with Crippen LogP contribution >= 0.6 is 0 Å². The molecule has 4 rings (SSSR count). The van der Waals surface area contributed by atoms with Crippen molar-refractivity contribution in [2.75, 3.05) is 10.6 Å². The van der Waals surface area contributed by atoms with E-state index in [2.05, 4.69) is 20.6 Å². The SMILES string of the molecule is Cc1cccc(C)c1NC(=O)c1cc(NCc2ccco2)nc(-c2ccccc2)n1. The normalized spacial score (nSPS) is 10.6. The highest BCUT2D eigenvalue weighted by Crippen LogP contribution is 2.22. The van der Waals surface area contributed by atoms with E-state index in [0.29, 0.717) is 18.2 Å². The van der Waals surface area contributed by atoms with Crippen LogP contribution in [0.25, 0.3) is 11.4 Å². The minimum atomic E-state index is -0.284. The van der Waals surface area contributed by atoms with Crippen molar-refractivity contribution >= 4 is 17.4 Å². The Morgan fingerprint density at radius 1 is 0.933 bits per heavy atom. The molecule has 0 aliphatic carbocycles. The summed E-state index contributed by atoms with van der Waals surface area (Å²) in [6.07, 6.45) is 1.62. The third kappa shape index (κ3) is 4.38. The first-order valence-corrected chi connectivity index (χ1v) is 9.68. The highest BCUT2D eigenvalue weighted by molar-refractivity contribution is 6.04. The number of nitrogens with one attached hydrogen (secondary N) is 2. The minimum absolute atomic E-state index is 0.284. The third-order valence-electron chi connectivity index (χ3n) is 4.73. The van der Waals surface area contributed by atoms with Crippen LogP contribution in [-0.4, -0.2) is 15.9 Å². The zero-order valence-electron chi connectivity index (χ0n) is 16.8.